The number of carbonyl (C=O) groups is 1. The summed E-state index contributed by atoms with van der Waals surface area (Å²) in [5, 5.41) is 14.3. The molecule has 9 nitrogen and oxygen atoms in total. The third kappa shape index (κ3) is 4.11. The number of hydrogen-bond donors (Lipinski definition) is 1. The van der Waals surface area contributed by atoms with Gasteiger partial charge in [0.05, 0.1) is 21.5 Å². The zero-order chi connectivity index (χ0) is 22.0. The Kier molecular flexibility index (Phi) is 6.02. The molecule has 0 radical (unpaired) electrons. The molecule has 0 saturated heterocycles. The van der Waals surface area contributed by atoms with E-state index in [1.165, 1.54) is 36.4 Å². The van der Waals surface area contributed by atoms with E-state index in [4.69, 9.17) is 11.6 Å². The highest BCUT2D eigenvalue weighted by Gasteiger charge is 2.19. The lowest BCUT2D eigenvalue weighted by molar-refractivity contribution is -0.384. The van der Waals surface area contributed by atoms with Crippen LogP contribution in [0, 0.1) is 10.1 Å². The lowest BCUT2D eigenvalue weighted by Crippen LogP contribution is -2.43. The number of hydrogen-bond acceptors (Lipinski definition) is 5. The minimum atomic E-state index is -0.797. The molecule has 0 aliphatic heterocycles. The van der Waals surface area contributed by atoms with Gasteiger partial charge in [0.15, 0.2) is 0 Å². The van der Waals surface area contributed by atoms with Gasteiger partial charge >= 0.3 is 5.69 Å². The van der Waals surface area contributed by atoms with Gasteiger partial charge in [0.2, 0.25) is 5.91 Å². The van der Waals surface area contributed by atoms with Crippen molar-refractivity contribution >= 4 is 34.1 Å². The van der Waals surface area contributed by atoms with Gasteiger partial charge in [0.25, 0.3) is 11.2 Å². The SMILES string of the molecule is CCC(C)NC(=O)Cn1c(=O)n(-c2cccc([N+](=O)[O-])c2)c(=O)c2ccc(Cl)cc21. The van der Waals surface area contributed by atoms with Gasteiger partial charge in [0.1, 0.15) is 6.54 Å². The summed E-state index contributed by atoms with van der Waals surface area (Å²) in [4.78, 5) is 49.2. The number of non-ortho nitro benzene ring substituents is 1. The van der Waals surface area contributed by atoms with E-state index in [1.54, 1.807) is 0 Å². The van der Waals surface area contributed by atoms with E-state index in [-0.39, 0.29) is 34.9 Å². The van der Waals surface area contributed by atoms with Crippen molar-refractivity contribution in [3.63, 3.8) is 0 Å². The fourth-order valence-electron chi connectivity index (χ4n) is 3.03. The number of nitro groups is 1. The smallest absolute Gasteiger partial charge is 0.336 e. The molecular formula is C20H19ClN4O5. The molecule has 156 valence electrons. The predicted octanol–water partition coefficient (Wildman–Crippen LogP) is 2.63. The van der Waals surface area contributed by atoms with Crippen LogP contribution >= 0.6 is 11.6 Å². The second-order valence-corrected chi connectivity index (χ2v) is 7.26. The van der Waals surface area contributed by atoms with Gasteiger partial charge in [-0.05, 0) is 37.6 Å². The third-order valence-corrected chi connectivity index (χ3v) is 4.96. The molecule has 10 heteroatoms. The number of carbonyl (C=O) groups excluding carboxylic acids is 1. The molecule has 0 spiro atoms. The molecule has 0 aliphatic carbocycles. The van der Waals surface area contributed by atoms with Crippen LogP contribution in [0.1, 0.15) is 20.3 Å². The van der Waals surface area contributed by atoms with E-state index in [0.717, 1.165) is 15.2 Å². The first-order chi connectivity index (χ1) is 14.2. The summed E-state index contributed by atoms with van der Waals surface area (Å²) < 4.78 is 1.96. The number of amides is 1. The lowest BCUT2D eigenvalue weighted by atomic mass is 10.2. The van der Waals surface area contributed by atoms with Crippen LogP contribution < -0.4 is 16.6 Å². The molecule has 1 N–H and O–H groups in total. The largest absolute Gasteiger partial charge is 0.352 e. The van der Waals surface area contributed by atoms with Gasteiger partial charge in [-0.1, -0.05) is 24.6 Å². The van der Waals surface area contributed by atoms with E-state index in [0.29, 0.717) is 11.4 Å². The van der Waals surface area contributed by atoms with Crippen molar-refractivity contribution in [2.24, 2.45) is 0 Å². The van der Waals surface area contributed by atoms with Crippen LogP contribution in [0.3, 0.4) is 0 Å². The summed E-state index contributed by atoms with van der Waals surface area (Å²) in [6.07, 6.45) is 0.709. The van der Waals surface area contributed by atoms with Crippen LogP contribution in [0.2, 0.25) is 5.02 Å². The number of fused-ring (bicyclic) bond motifs is 1. The maximum Gasteiger partial charge on any atom is 0.336 e. The molecule has 1 amide bonds. The Bertz CT molecular complexity index is 1260. The molecule has 2 aromatic carbocycles. The van der Waals surface area contributed by atoms with Gasteiger partial charge in [-0.2, -0.15) is 0 Å². The number of nitro benzene ring substituents is 1. The fraction of sp³-hybridized carbons (Fsp3) is 0.250. The normalized spacial score (nSPS) is 12.0. The van der Waals surface area contributed by atoms with Crippen LogP contribution in [-0.4, -0.2) is 26.0 Å². The Morgan fingerprint density at radius 3 is 2.63 bits per heavy atom. The van der Waals surface area contributed by atoms with Crippen molar-refractivity contribution in [3.8, 4) is 5.69 Å². The first kappa shape index (κ1) is 21.3. The van der Waals surface area contributed by atoms with E-state index < -0.39 is 22.1 Å². The lowest BCUT2D eigenvalue weighted by Gasteiger charge is -2.16. The van der Waals surface area contributed by atoms with Crippen molar-refractivity contribution < 1.29 is 9.72 Å². The Balaban J connectivity index is 2.27. The standard InChI is InChI=1S/C20H19ClN4O5/c1-3-12(2)22-18(26)11-23-17-9-13(21)7-8-16(17)19(27)24(20(23)28)14-5-4-6-15(10-14)25(29)30/h4-10,12H,3,11H2,1-2H3,(H,22,26). The zero-order valence-electron chi connectivity index (χ0n) is 16.3. The molecular weight excluding hydrogens is 412 g/mol. The first-order valence-corrected chi connectivity index (χ1v) is 9.60. The summed E-state index contributed by atoms with van der Waals surface area (Å²) in [5.74, 6) is -0.406. The maximum atomic E-state index is 13.2. The number of nitrogens with one attached hydrogen (secondary N) is 1. The van der Waals surface area contributed by atoms with Crippen molar-refractivity contribution in [1.82, 2.24) is 14.5 Å². The molecule has 0 aliphatic rings. The maximum absolute atomic E-state index is 13.2. The van der Waals surface area contributed by atoms with Crippen molar-refractivity contribution in [3.05, 3.63) is 78.4 Å². The third-order valence-electron chi connectivity index (χ3n) is 4.73. The van der Waals surface area contributed by atoms with Crippen molar-refractivity contribution in [1.29, 1.82) is 0 Å². The molecule has 0 bridgehead atoms. The highest BCUT2D eigenvalue weighted by atomic mass is 35.5. The van der Waals surface area contributed by atoms with Crippen LogP contribution in [-0.2, 0) is 11.3 Å². The average molecular weight is 431 g/mol. The van der Waals surface area contributed by atoms with Crippen LogP contribution in [0.25, 0.3) is 16.6 Å². The number of benzene rings is 2. The van der Waals surface area contributed by atoms with Gasteiger partial charge in [0, 0.05) is 23.2 Å². The molecule has 1 heterocycles. The molecule has 0 saturated carbocycles. The summed E-state index contributed by atoms with van der Waals surface area (Å²) in [7, 11) is 0. The van der Waals surface area contributed by atoms with Gasteiger partial charge < -0.3 is 5.32 Å². The molecule has 1 atom stereocenters. The van der Waals surface area contributed by atoms with Crippen LogP contribution in [0.15, 0.2) is 52.1 Å². The van der Waals surface area contributed by atoms with Crippen LogP contribution in [0.4, 0.5) is 5.69 Å². The number of nitrogens with zero attached hydrogens (tertiary/aromatic N) is 3. The van der Waals surface area contributed by atoms with E-state index in [9.17, 15) is 24.5 Å². The average Bonchev–Trinajstić information content (AvgIpc) is 2.71. The number of halogens is 1. The second-order valence-electron chi connectivity index (χ2n) is 6.82. The van der Waals surface area contributed by atoms with Crippen LogP contribution in [0.5, 0.6) is 0 Å². The number of aromatic nitrogens is 2. The van der Waals surface area contributed by atoms with Gasteiger partial charge in [-0.15, -0.1) is 0 Å². The highest BCUT2D eigenvalue weighted by molar-refractivity contribution is 6.31. The second kappa shape index (κ2) is 8.50. The summed E-state index contributed by atoms with van der Waals surface area (Å²) >= 11 is 6.05. The van der Waals surface area contributed by atoms with E-state index >= 15 is 0 Å². The van der Waals surface area contributed by atoms with Crippen molar-refractivity contribution in [2.75, 3.05) is 0 Å². The zero-order valence-corrected chi connectivity index (χ0v) is 17.0. The quantitative estimate of drug-likeness (QED) is 0.476. The Hall–Kier alpha value is -3.46. The Morgan fingerprint density at radius 2 is 1.97 bits per heavy atom. The molecule has 0 fully saturated rings. The number of rotatable bonds is 6. The Labute approximate surface area is 175 Å². The monoisotopic (exact) mass is 430 g/mol. The topological polar surface area (TPSA) is 116 Å². The minimum absolute atomic E-state index is 0.0344. The minimum Gasteiger partial charge on any atom is -0.352 e. The summed E-state index contributed by atoms with van der Waals surface area (Å²) in [5.41, 5.74) is -1.48. The molecule has 30 heavy (non-hydrogen) atoms. The Morgan fingerprint density at radius 1 is 1.23 bits per heavy atom. The molecule has 1 unspecified atom stereocenters. The summed E-state index contributed by atoms with van der Waals surface area (Å²) in [6, 6.07) is 9.49. The molecule has 3 rings (SSSR count). The highest BCUT2D eigenvalue weighted by Crippen LogP contribution is 2.18. The van der Waals surface area contributed by atoms with E-state index in [2.05, 4.69) is 5.32 Å². The van der Waals surface area contributed by atoms with Gasteiger partial charge in [-0.3, -0.25) is 24.3 Å². The van der Waals surface area contributed by atoms with Crippen molar-refractivity contribution in [2.45, 2.75) is 32.9 Å². The molecule has 3 aromatic rings. The predicted molar refractivity (Wildman–Crippen MR) is 113 cm³/mol. The first-order valence-electron chi connectivity index (χ1n) is 9.22. The molecule has 1 aromatic heterocycles. The van der Waals surface area contributed by atoms with Gasteiger partial charge in [-0.25, -0.2) is 9.36 Å². The summed E-state index contributed by atoms with van der Waals surface area (Å²) in [6.45, 7) is 3.41. The fourth-order valence-corrected chi connectivity index (χ4v) is 3.20. The van der Waals surface area contributed by atoms with E-state index in [1.807, 2.05) is 13.8 Å².